The third-order valence-electron chi connectivity index (χ3n) is 3.89. The van der Waals surface area contributed by atoms with Crippen LogP contribution in [-0.4, -0.2) is 42.2 Å². The zero-order valence-corrected chi connectivity index (χ0v) is 12.3. The molecule has 2 aromatic carbocycles. The number of aliphatic hydroxyl groups is 2. The molecule has 0 saturated carbocycles. The number of hydrogen-bond donors (Lipinski definition) is 2. The molecular formula is C18H20O4. The summed E-state index contributed by atoms with van der Waals surface area (Å²) in [7, 11) is 0. The standard InChI is InChI=1S/C18H20O4/c19-17(13-21-11-16-12-22-16)18(20,14-7-3-1-4-8-14)15-9-5-2-6-10-15/h1-10,16-17,19-20H,11-13H2. The first-order chi connectivity index (χ1) is 10.7. The molecule has 0 aliphatic carbocycles. The van der Waals surface area contributed by atoms with Gasteiger partial charge < -0.3 is 19.7 Å². The molecule has 0 aromatic heterocycles. The van der Waals surface area contributed by atoms with Crippen LogP contribution in [0.15, 0.2) is 60.7 Å². The zero-order valence-electron chi connectivity index (χ0n) is 12.3. The van der Waals surface area contributed by atoms with Gasteiger partial charge in [-0.2, -0.15) is 0 Å². The van der Waals surface area contributed by atoms with Gasteiger partial charge in [-0.3, -0.25) is 0 Å². The molecule has 1 heterocycles. The number of hydrogen-bond acceptors (Lipinski definition) is 4. The van der Waals surface area contributed by atoms with E-state index in [2.05, 4.69) is 0 Å². The number of benzene rings is 2. The average molecular weight is 300 g/mol. The SMILES string of the molecule is OC(COCC1CO1)C(O)(c1ccccc1)c1ccccc1. The van der Waals surface area contributed by atoms with E-state index in [1.165, 1.54) is 0 Å². The van der Waals surface area contributed by atoms with Crippen molar-refractivity contribution in [3.05, 3.63) is 71.8 Å². The van der Waals surface area contributed by atoms with Gasteiger partial charge in [0.1, 0.15) is 17.8 Å². The second-order valence-electron chi connectivity index (χ2n) is 5.51. The van der Waals surface area contributed by atoms with Crippen LogP contribution in [0.2, 0.25) is 0 Å². The third-order valence-corrected chi connectivity index (χ3v) is 3.89. The lowest BCUT2D eigenvalue weighted by Gasteiger charge is -2.34. The smallest absolute Gasteiger partial charge is 0.143 e. The lowest BCUT2D eigenvalue weighted by Crippen LogP contribution is -2.43. The summed E-state index contributed by atoms with van der Waals surface area (Å²) in [6.07, 6.45) is -0.940. The van der Waals surface area contributed by atoms with Crippen molar-refractivity contribution in [3.8, 4) is 0 Å². The van der Waals surface area contributed by atoms with Gasteiger partial charge in [0, 0.05) is 0 Å². The zero-order chi connectivity index (χ0) is 15.4. The van der Waals surface area contributed by atoms with E-state index < -0.39 is 11.7 Å². The maximum Gasteiger partial charge on any atom is 0.143 e. The summed E-state index contributed by atoms with van der Waals surface area (Å²) in [6.45, 7) is 1.19. The molecular weight excluding hydrogens is 280 g/mol. The van der Waals surface area contributed by atoms with Crippen LogP contribution in [0.1, 0.15) is 11.1 Å². The van der Waals surface area contributed by atoms with Gasteiger partial charge in [-0.1, -0.05) is 60.7 Å². The highest BCUT2D eigenvalue weighted by atomic mass is 16.6. The van der Waals surface area contributed by atoms with E-state index in [1.807, 2.05) is 36.4 Å². The predicted molar refractivity (Wildman–Crippen MR) is 82.4 cm³/mol. The minimum Gasteiger partial charge on any atom is -0.387 e. The molecule has 2 N–H and O–H groups in total. The van der Waals surface area contributed by atoms with Gasteiger partial charge in [-0.05, 0) is 11.1 Å². The van der Waals surface area contributed by atoms with Crippen molar-refractivity contribution in [1.82, 2.24) is 0 Å². The van der Waals surface area contributed by atoms with Gasteiger partial charge in [-0.15, -0.1) is 0 Å². The number of aliphatic hydroxyl groups excluding tert-OH is 1. The molecule has 22 heavy (non-hydrogen) atoms. The van der Waals surface area contributed by atoms with Crippen molar-refractivity contribution in [1.29, 1.82) is 0 Å². The highest BCUT2D eigenvalue weighted by Crippen LogP contribution is 2.33. The Morgan fingerprint density at radius 1 is 1.05 bits per heavy atom. The monoisotopic (exact) mass is 300 g/mol. The molecule has 1 aliphatic heterocycles. The highest BCUT2D eigenvalue weighted by Gasteiger charge is 2.39. The van der Waals surface area contributed by atoms with Gasteiger partial charge >= 0.3 is 0 Å². The van der Waals surface area contributed by atoms with Gasteiger partial charge in [-0.25, -0.2) is 0 Å². The molecule has 1 fully saturated rings. The van der Waals surface area contributed by atoms with Crippen LogP contribution in [0.4, 0.5) is 0 Å². The van der Waals surface area contributed by atoms with E-state index in [0.29, 0.717) is 24.3 Å². The van der Waals surface area contributed by atoms with E-state index in [1.54, 1.807) is 24.3 Å². The van der Waals surface area contributed by atoms with Gasteiger partial charge in [0.05, 0.1) is 19.8 Å². The van der Waals surface area contributed by atoms with Crippen LogP contribution < -0.4 is 0 Å². The molecule has 4 nitrogen and oxygen atoms in total. The predicted octanol–water partition coefficient (Wildman–Crippen LogP) is 1.70. The first kappa shape index (κ1) is 15.2. The molecule has 3 rings (SSSR count). The Morgan fingerprint density at radius 2 is 1.55 bits per heavy atom. The minimum atomic E-state index is -1.51. The van der Waals surface area contributed by atoms with Crippen LogP contribution in [0, 0.1) is 0 Å². The van der Waals surface area contributed by atoms with Crippen molar-refractivity contribution in [2.45, 2.75) is 17.8 Å². The molecule has 1 saturated heterocycles. The normalized spacial score (nSPS) is 18.9. The third kappa shape index (κ3) is 3.20. The Balaban J connectivity index is 1.85. The van der Waals surface area contributed by atoms with Gasteiger partial charge in [0.2, 0.25) is 0 Å². The Hall–Kier alpha value is -1.72. The van der Waals surface area contributed by atoms with Crippen LogP contribution in [0.5, 0.6) is 0 Å². The highest BCUT2D eigenvalue weighted by molar-refractivity contribution is 5.37. The molecule has 0 amide bonds. The first-order valence-corrected chi connectivity index (χ1v) is 7.42. The summed E-state index contributed by atoms with van der Waals surface area (Å²) in [4.78, 5) is 0. The Morgan fingerprint density at radius 3 is 2.00 bits per heavy atom. The second-order valence-corrected chi connectivity index (χ2v) is 5.51. The summed E-state index contributed by atoms with van der Waals surface area (Å²) < 4.78 is 10.5. The fourth-order valence-electron chi connectivity index (χ4n) is 2.53. The van der Waals surface area contributed by atoms with Crippen LogP contribution >= 0.6 is 0 Å². The van der Waals surface area contributed by atoms with Crippen molar-refractivity contribution in [2.24, 2.45) is 0 Å². The summed E-state index contributed by atoms with van der Waals surface area (Å²) in [5, 5.41) is 21.8. The van der Waals surface area contributed by atoms with E-state index in [4.69, 9.17) is 9.47 Å². The molecule has 1 aliphatic rings. The molecule has 0 spiro atoms. The molecule has 0 bridgehead atoms. The molecule has 2 unspecified atom stereocenters. The molecule has 2 aromatic rings. The van der Waals surface area contributed by atoms with E-state index in [9.17, 15) is 10.2 Å². The van der Waals surface area contributed by atoms with Gasteiger partial charge in [0.25, 0.3) is 0 Å². The van der Waals surface area contributed by atoms with Crippen LogP contribution in [0.25, 0.3) is 0 Å². The minimum absolute atomic E-state index is 0.0418. The lowest BCUT2D eigenvalue weighted by molar-refractivity contribution is -0.0889. The van der Waals surface area contributed by atoms with Crippen molar-refractivity contribution in [3.63, 3.8) is 0 Å². The Kier molecular flexibility index (Phi) is 4.55. The maximum atomic E-state index is 11.2. The van der Waals surface area contributed by atoms with Gasteiger partial charge in [0.15, 0.2) is 0 Å². The largest absolute Gasteiger partial charge is 0.387 e. The van der Waals surface area contributed by atoms with E-state index in [0.717, 1.165) is 0 Å². The lowest BCUT2D eigenvalue weighted by atomic mass is 9.82. The fraction of sp³-hybridized carbons (Fsp3) is 0.333. The molecule has 116 valence electrons. The van der Waals surface area contributed by atoms with E-state index in [-0.39, 0.29) is 12.7 Å². The number of rotatable bonds is 7. The first-order valence-electron chi connectivity index (χ1n) is 7.42. The summed E-state index contributed by atoms with van der Waals surface area (Å²) in [6, 6.07) is 18.3. The summed E-state index contributed by atoms with van der Waals surface area (Å²) >= 11 is 0. The van der Waals surface area contributed by atoms with Crippen molar-refractivity contribution < 1.29 is 19.7 Å². The van der Waals surface area contributed by atoms with E-state index >= 15 is 0 Å². The second kappa shape index (κ2) is 6.58. The summed E-state index contributed by atoms with van der Waals surface area (Å²) in [5.41, 5.74) is -0.229. The fourth-order valence-corrected chi connectivity index (χ4v) is 2.53. The quantitative estimate of drug-likeness (QED) is 0.764. The Labute approximate surface area is 129 Å². The van der Waals surface area contributed by atoms with Crippen LogP contribution in [0.3, 0.4) is 0 Å². The molecule has 2 atom stereocenters. The molecule has 0 radical (unpaired) electrons. The average Bonchev–Trinajstić information content (AvgIpc) is 3.40. The summed E-state index contributed by atoms with van der Waals surface area (Å²) in [5.74, 6) is 0. The van der Waals surface area contributed by atoms with Crippen LogP contribution in [-0.2, 0) is 15.1 Å². The number of epoxide rings is 1. The topological polar surface area (TPSA) is 62.2 Å². The Bertz CT molecular complexity index is 541. The molecule has 4 heteroatoms. The number of ether oxygens (including phenoxy) is 2. The maximum absolute atomic E-state index is 11.2. The van der Waals surface area contributed by atoms with Crippen molar-refractivity contribution >= 4 is 0 Å². The van der Waals surface area contributed by atoms with Crippen molar-refractivity contribution in [2.75, 3.05) is 19.8 Å².